The minimum Gasteiger partial charge on any atom is -0.475 e. The first-order valence-corrected chi connectivity index (χ1v) is 17.5. The van der Waals surface area contributed by atoms with E-state index < -0.39 is 67.9 Å². The summed E-state index contributed by atoms with van der Waals surface area (Å²) in [6.45, 7) is 10.0. The summed E-state index contributed by atoms with van der Waals surface area (Å²) >= 11 is 2.06. The van der Waals surface area contributed by atoms with E-state index in [9.17, 15) is 42.3 Å². The molecule has 0 aromatic heterocycles. The van der Waals surface area contributed by atoms with Gasteiger partial charge in [0.15, 0.2) is 16.5 Å². The summed E-state index contributed by atoms with van der Waals surface area (Å²) in [5.41, 5.74) is 4.54. The Morgan fingerprint density at radius 1 is 0.957 bits per heavy atom. The minimum absolute atomic E-state index is 0.0623. The quantitative estimate of drug-likeness (QED) is 0.158. The Balaban J connectivity index is 0.00000141. The van der Waals surface area contributed by atoms with Crippen LogP contribution in [-0.2, 0) is 42.1 Å². The molecule has 14 nitrogen and oxygen atoms in total. The van der Waals surface area contributed by atoms with Crippen LogP contribution >= 0.6 is 31.3 Å². The van der Waals surface area contributed by atoms with Crippen molar-refractivity contribution in [1.82, 2.24) is 4.90 Å². The van der Waals surface area contributed by atoms with Gasteiger partial charge >= 0.3 is 20.0 Å². The number of allylic oxidation sites excluding steroid dienone is 1. The molecule has 0 bridgehead atoms. The molecule has 2 aliphatic rings. The minimum atomic E-state index is -5.08. The highest BCUT2D eigenvalue weighted by Crippen LogP contribution is 2.50. The van der Waals surface area contributed by atoms with Crippen molar-refractivity contribution in [2.45, 2.75) is 78.7 Å². The van der Waals surface area contributed by atoms with E-state index in [1.54, 1.807) is 53.8 Å². The van der Waals surface area contributed by atoms with Gasteiger partial charge in [-0.25, -0.2) is 9.36 Å². The molecule has 2 aliphatic heterocycles. The second kappa shape index (κ2) is 18.2. The second-order valence-electron chi connectivity index (χ2n) is 12.1. The summed E-state index contributed by atoms with van der Waals surface area (Å²) in [6, 6.07) is 0. The number of alkyl halides is 3. The van der Waals surface area contributed by atoms with Crippen molar-refractivity contribution in [3.63, 3.8) is 0 Å². The smallest absolute Gasteiger partial charge is 0.475 e. The van der Waals surface area contributed by atoms with Gasteiger partial charge in [-0.3, -0.25) is 28.0 Å². The summed E-state index contributed by atoms with van der Waals surface area (Å²) in [4.78, 5) is 46.2. The molecule has 0 aromatic carbocycles. The van der Waals surface area contributed by atoms with Gasteiger partial charge in [0, 0.05) is 40.3 Å². The molecule has 20 heteroatoms. The lowest BCUT2D eigenvalue weighted by molar-refractivity contribution is -0.192. The van der Waals surface area contributed by atoms with Crippen LogP contribution < -0.4 is 5.73 Å². The number of nitrogens with two attached hydrogens (primary N) is 1. The zero-order chi connectivity index (χ0) is 36.4. The van der Waals surface area contributed by atoms with Crippen molar-refractivity contribution < 1.29 is 70.5 Å². The first kappa shape index (κ1) is 43.1. The third-order valence-electron chi connectivity index (χ3n) is 5.86. The molecule has 0 radical (unpaired) electrons. The van der Waals surface area contributed by atoms with Crippen molar-refractivity contribution in [1.29, 1.82) is 0 Å². The van der Waals surface area contributed by atoms with Crippen LogP contribution in [0.1, 0.15) is 48.0 Å². The van der Waals surface area contributed by atoms with Crippen LogP contribution in [0.25, 0.3) is 0 Å². The normalized spacial score (nSPS) is 21.9. The maximum atomic E-state index is 13.4. The highest BCUT2D eigenvalue weighted by atomic mass is 32.2. The van der Waals surface area contributed by atoms with Crippen molar-refractivity contribution in [3.8, 4) is 0 Å². The number of carboxylic acids is 1. The lowest BCUT2D eigenvalue weighted by atomic mass is 9.99. The van der Waals surface area contributed by atoms with Crippen molar-refractivity contribution in [2.75, 3.05) is 31.3 Å². The predicted molar refractivity (Wildman–Crippen MR) is 167 cm³/mol. The van der Waals surface area contributed by atoms with E-state index in [1.165, 1.54) is 11.1 Å². The van der Waals surface area contributed by atoms with Gasteiger partial charge in [-0.15, -0.1) is 0 Å². The highest BCUT2D eigenvalue weighted by Gasteiger charge is 2.46. The molecule has 47 heavy (non-hydrogen) atoms. The van der Waals surface area contributed by atoms with E-state index in [0.29, 0.717) is 12.0 Å². The number of aliphatic hydroxyl groups is 2. The van der Waals surface area contributed by atoms with Gasteiger partial charge in [-0.05, 0) is 6.42 Å². The van der Waals surface area contributed by atoms with E-state index >= 15 is 0 Å². The van der Waals surface area contributed by atoms with Gasteiger partial charge in [0.1, 0.15) is 18.3 Å². The number of aliphatic carboxylic acids is 1. The zero-order valence-electron chi connectivity index (χ0n) is 26.7. The molecule has 0 saturated carbocycles. The third kappa shape index (κ3) is 15.0. The molecule has 1 saturated heterocycles. The monoisotopic (exact) mass is 738 g/mol. The highest BCUT2D eigenvalue weighted by molar-refractivity contribution is 8.14. The van der Waals surface area contributed by atoms with Crippen molar-refractivity contribution in [2.24, 2.45) is 16.6 Å². The van der Waals surface area contributed by atoms with E-state index in [-0.39, 0.29) is 35.0 Å². The number of phosphoric acid groups is 1. The number of ether oxygens (including phenoxy) is 1. The number of phosphoric ester groups is 1. The third-order valence-corrected chi connectivity index (χ3v) is 9.82. The Bertz CT molecular complexity index is 1180. The molecular weight excluding hydrogens is 696 g/mol. The molecule has 270 valence electrons. The molecule has 4 unspecified atom stereocenters. The fraction of sp³-hybridized carbons (Fsp3) is 0.704. The van der Waals surface area contributed by atoms with E-state index in [0.717, 1.165) is 23.5 Å². The number of hydrogen-bond acceptors (Lipinski definition) is 14. The van der Waals surface area contributed by atoms with Crippen LogP contribution in [0.5, 0.6) is 0 Å². The van der Waals surface area contributed by atoms with E-state index in [1.807, 2.05) is 0 Å². The lowest BCUT2D eigenvalue weighted by Crippen LogP contribution is -2.40. The Morgan fingerprint density at radius 2 is 1.43 bits per heavy atom. The van der Waals surface area contributed by atoms with Crippen LogP contribution in [0.15, 0.2) is 24.0 Å². The van der Waals surface area contributed by atoms with Crippen LogP contribution in [0.4, 0.5) is 13.2 Å². The maximum Gasteiger partial charge on any atom is 0.490 e. The molecule has 0 aliphatic carbocycles. The Hall–Kier alpha value is -1.96. The SMILES string of the molecule is CC(C)(C)C(=O)SCCOP(=O)(OCCSC(=O)C(C)(C)C)OCC1OC(N2C=CCC(C(N)=O)=C2)C(O)C1O.O=C(O)C(F)(F)F. The molecule has 1 amide bonds. The summed E-state index contributed by atoms with van der Waals surface area (Å²) in [7, 11) is -4.22. The number of aliphatic hydroxyl groups excluding tert-OH is 2. The molecule has 2 rings (SSSR count). The molecule has 4 atom stereocenters. The van der Waals surface area contributed by atoms with E-state index in [4.69, 9.17) is 33.9 Å². The number of halogens is 3. The number of primary amides is 1. The standard InChI is InChI=1S/C25H41N2O10PS2.C2HF3O2/c1-24(2,3)22(31)39-12-10-34-38(33,35-11-13-40-23(32)25(4,5)6)36-15-17-18(28)19(29)21(37-17)27-9-7-8-16(14-27)20(26)30;3-2(4,5)1(6)7/h7,9,14,17-19,21,28-29H,8,10-13,15H2,1-6H3,(H2,26,30);(H,6,7). The number of nitrogens with zero attached hydrogens (tertiary/aromatic N) is 1. The van der Waals surface area contributed by atoms with Crippen LogP contribution in [-0.4, -0.2) is 104 Å². The molecule has 2 heterocycles. The van der Waals surface area contributed by atoms with Gasteiger partial charge in [0.2, 0.25) is 5.91 Å². The van der Waals surface area contributed by atoms with Gasteiger partial charge < -0.3 is 30.7 Å². The summed E-state index contributed by atoms with van der Waals surface area (Å²) in [5, 5.41) is 28.1. The summed E-state index contributed by atoms with van der Waals surface area (Å²) < 4.78 is 67.2. The topological polar surface area (TPSA) is 212 Å². The molecule has 5 N–H and O–H groups in total. The number of amides is 1. The fourth-order valence-corrected chi connectivity index (χ4v) is 6.29. The molecular formula is C27H42F3N2O12PS2. The second-order valence-corrected chi connectivity index (χ2v) is 15.9. The summed E-state index contributed by atoms with van der Waals surface area (Å²) in [5.74, 6) is -2.98. The average molecular weight is 739 g/mol. The Morgan fingerprint density at radius 3 is 1.83 bits per heavy atom. The zero-order valence-corrected chi connectivity index (χ0v) is 29.2. The van der Waals surface area contributed by atoms with Gasteiger partial charge in [0.05, 0.1) is 19.8 Å². The number of rotatable bonds is 13. The number of carbonyl (C=O) groups excluding carboxylic acids is 3. The van der Waals surface area contributed by atoms with Crippen LogP contribution in [0.2, 0.25) is 0 Å². The maximum absolute atomic E-state index is 13.4. The first-order valence-electron chi connectivity index (χ1n) is 14.0. The van der Waals surface area contributed by atoms with Gasteiger partial charge in [0.25, 0.3) is 0 Å². The lowest BCUT2D eigenvalue weighted by Gasteiger charge is -2.28. The van der Waals surface area contributed by atoms with Gasteiger partial charge in [-0.1, -0.05) is 71.1 Å². The van der Waals surface area contributed by atoms with Gasteiger partial charge in [-0.2, -0.15) is 13.2 Å². The first-order chi connectivity index (χ1) is 21.4. The molecule has 1 fully saturated rings. The van der Waals surface area contributed by atoms with Crippen molar-refractivity contribution >= 4 is 53.5 Å². The summed E-state index contributed by atoms with van der Waals surface area (Å²) in [6.07, 6.45) is -5.07. The van der Waals surface area contributed by atoms with E-state index in [2.05, 4.69) is 0 Å². The fourth-order valence-electron chi connectivity index (χ4n) is 3.29. The average Bonchev–Trinajstić information content (AvgIpc) is 3.24. The van der Waals surface area contributed by atoms with Crippen molar-refractivity contribution in [3.05, 3.63) is 24.0 Å². The number of hydrogen-bond donors (Lipinski definition) is 4. The number of thioether (sulfide) groups is 2. The van der Waals surface area contributed by atoms with Crippen LogP contribution in [0, 0.1) is 10.8 Å². The number of carboxylic acid groups (broad SMARTS) is 1. The molecule has 0 spiro atoms. The largest absolute Gasteiger partial charge is 0.490 e. The number of carbonyl (C=O) groups is 4. The Labute approximate surface area is 279 Å². The molecule has 0 aromatic rings. The predicted octanol–water partition coefficient (Wildman–Crippen LogP) is 3.42. The Kier molecular flexibility index (Phi) is 16.6. The van der Waals surface area contributed by atoms with Crippen LogP contribution in [0.3, 0.4) is 0 Å².